The molecular weight excluding hydrogens is 208 g/mol. The van der Waals surface area contributed by atoms with Crippen LogP contribution in [0, 0.1) is 17.8 Å². The van der Waals surface area contributed by atoms with E-state index in [1.165, 1.54) is 30.4 Å². The molecule has 2 rings (SSSR count). The number of ether oxygens (including phenoxy) is 1. The van der Waals surface area contributed by atoms with Gasteiger partial charge in [0.2, 0.25) is 0 Å². The molecule has 1 heteroatoms. The second-order valence-electron chi connectivity index (χ2n) is 5.58. The summed E-state index contributed by atoms with van der Waals surface area (Å²) in [5.74, 6) is 3.51. The van der Waals surface area contributed by atoms with E-state index in [1.54, 1.807) is 7.11 Å². The summed E-state index contributed by atoms with van der Waals surface area (Å²) in [5.41, 5.74) is 2.96. The molecular formula is C16H24O. The minimum Gasteiger partial charge on any atom is -0.496 e. The smallest absolute Gasteiger partial charge is 0.122 e. The van der Waals surface area contributed by atoms with Crippen LogP contribution in [0.25, 0.3) is 0 Å². The van der Waals surface area contributed by atoms with Crippen molar-refractivity contribution in [3.05, 3.63) is 29.3 Å². The lowest BCUT2D eigenvalue weighted by molar-refractivity contribution is 0.225. The molecule has 0 aromatic heterocycles. The number of fused-ring (bicyclic) bond motifs is 1. The summed E-state index contributed by atoms with van der Waals surface area (Å²) in [4.78, 5) is 0. The van der Waals surface area contributed by atoms with Crippen molar-refractivity contribution in [2.75, 3.05) is 7.11 Å². The highest BCUT2D eigenvalue weighted by Gasteiger charge is 2.30. The summed E-state index contributed by atoms with van der Waals surface area (Å²) in [6.07, 6.45) is 3.70. The van der Waals surface area contributed by atoms with Gasteiger partial charge in [0, 0.05) is 0 Å². The van der Waals surface area contributed by atoms with Crippen LogP contribution in [0.15, 0.2) is 18.2 Å². The van der Waals surface area contributed by atoms with E-state index in [0.29, 0.717) is 0 Å². The number of hydrogen-bond donors (Lipinski definition) is 0. The van der Waals surface area contributed by atoms with Gasteiger partial charge in [0.1, 0.15) is 5.75 Å². The van der Waals surface area contributed by atoms with E-state index >= 15 is 0 Å². The van der Waals surface area contributed by atoms with E-state index in [-0.39, 0.29) is 0 Å². The molecule has 17 heavy (non-hydrogen) atoms. The Kier molecular flexibility index (Phi) is 3.76. The quantitative estimate of drug-likeness (QED) is 0.762. The van der Waals surface area contributed by atoms with E-state index in [2.05, 4.69) is 39.0 Å². The van der Waals surface area contributed by atoms with Gasteiger partial charge in [0.05, 0.1) is 7.11 Å². The maximum atomic E-state index is 5.50. The van der Waals surface area contributed by atoms with Crippen LogP contribution in [0.4, 0.5) is 0 Å². The van der Waals surface area contributed by atoms with Gasteiger partial charge in [0.15, 0.2) is 0 Å². The zero-order valence-electron chi connectivity index (χ0n) is 11.5. The predicted molar refractivity (Wildman–Crippen MR) is 72.5 cm³/mol. The summed E-state index contributed by atoms with van der Waals surface area (Å²) in [7, 11) is 1.78. The first kappa shape index (κ1) is 12.5. The highest BCUT2D eigenvalue weighted by molar-refractivity contribution is 5.42. The first-order valence-corrected chi connectivity index (χ1v) is 6.82. The zero-order valence-corrected chi connectivity index (χ0v) is 11.5. The summed E-state index contributed by atoms with van der Waals surface area (Å²) < 4.78 is 5.50. The molecule has 1 aliphatic carbocycles. The number of benzene rings is 1. The molecule has 0 heterocycles. The van der Waals surface area contributed by atoms with E-state index in [4.69, 9.17) is 4.74 Å². The normalized spacial score (nSPS) is 23.6. The third-order valence-electron chi connectivity index (χ3n) is 4.36. The van der Waals surface area contributed by atoms with Crippen molar-refractivity contribution in [1.82, 2.24) is 0 Å². The molecule has 0 bridgehead atoms. The molecule has 0 saturated carbocycles. The standard InChI is InChI=1S/C16H24O/c1-5-12-9-15-13(10-14(12)11(2)3)7-6-8-16(15)17-4/h6-8,11-12,14H,5,9-10H2,1-4H3. The Balaban J connectivity index is 2.35. The van der Waals surface area contributed by atoms with Crippen LogP contribution >= 0.6 is 0 Å². The van der Waals surface area contributed by atoms with Crippen LogP contribution in [-0.2, 0) is 12.8 Å². The maximum absolute atomic E-state index is 5.50. The fourth-order valence-corrected chi connectivity index (χ4v) is 3.29. The molecule has 94 valence electrons. The second kappa shape index (κ2) is 5.12. The van der Waals surface area contributed by atoms with Gasteiger partial charge >= 0.3 is 0 Å². The second-order valence-corrected chi connectivity index (χ2v) is 5.58. The first-order valence-electron chi connectivity index (χ1n) is 6.82. The topological polar surface area (TPSA) is 9.23 Å². The molecule has 1 aromatic rings. The Bertz CT molecular complexity index is 381. The number of methoxy groups -OCH3 is 1. The first-order chi connectivity index (χ1) is 8.17. The minimum atomic E-state index is 0.777. The van der Waals surface area contributed by atoms with Crippen LogP contribution in [-0.4, -0.2) is 7.11 Å². The number of hydrogen-bond acceptors (Lipinski definition) is 1. The molecule has 0 spiro atoms. The average Bonchev–Trinajstić information content (AvgIpc) is 2.36. The molecule has 1 aromatic carbocycles. The third kappa shape index (κ3) is 2.34. The summed E-state index contributed by atoms with van der Waals surface area (Å²) in [6.45, 7) is 7.04. The monoisotopic (exact) mass is 232 g/mol. The lowest BCUT2D eigenvalue weighted by Gasteiger charge is -2.35. The van der Waals surface area contributed by atoms with Crippen molar-refractivity contribution < 1.29 is 4.74 Å². The van der Waals surface area contributed by atoms with Gasteiger partial charge in [-0.2, -0.15) is 0 Å². The van der Waals surface area contributed by atoms with Crippen molar-refractivity contribution in [2.24, 2.45) is 17.8 Å². The average molecular weight is 232 g/mol. The summed E-state index contributed by atoms with van der Waals surface area (Å²) in [6, 6.07) is 6.50. The molecule has 0 N–H and O–H groups in total. The Hall–Kier alpha value is -0.980. The van der Waals surface area contributed by atoms with E-state index in [1.807, 2.05) is 0 Å². The highest BCUT2D eigenvalue weighted by atomic mass is 16.5. The van der Waals surface area contributed by atoms with E-state index < -0.39 is 0 Å². The third-order valence-corrected chi connectivity index (χ3v) is 4.36. The SMILES string of the molecule is CCC1Cc2c(cccc2OC)CC1C(C)C. The molecule has 0 radical (unpaired) electrons. The van der Waals surface area contributed by atoms with Gasteiger partial charge in [0.25, 0.3) is 0 Å². The van der Waals surface area contributed by atoms with E-state index in [9.17, 15) is 0 Å². The van der Waals surface area contributed by atoms with Crippen LogP contribution in [0.5, 0.6) is 5.75 Å². The van der Waals surface area contributed by atoms with Crippen molar-refractivity contribution in [3.63, 3.8) is 0 Å². The lowest BCUT2D eigenvalue weighted by atomic mass is 9.70. The van der Waals surface area contributed by atoms with Gasteiger partial charge in [-0.15, -0.1) is 0 Å². The summed E-state index contributed by atoms with van der Waals surface area (Å²) in [5, 5.41) is 0. The molecule has 0 amide bonds. The van der Waals surface area contributed by atoms with Crippen molar-refractivity contribution in [1.29, 1.82) is 0 Å². The molecule has 1 aliphatic rings. The highest BCUT2D eigenvalue weighted by Crippen LogP contribution is 2.39. The molecule has 1 nitrogen and oxygen atoms in total. The van der Waals surface area contributed by atoms with Gasteiger partial charge in [-0.05, 0) is 47.8 Å². The molecule has 0 fully saturated rings. The summed E-state index contributed by atoms with van der Waals surface area (Å²) >= 11 is 0. The molecule has 2 atom stereocenters. The fourth-order valence-electron chi connectivity index (χ4n) is 3.29. The Labute approximate surface area is 105 Å². The molecule has 0 aliphatic heterocycles. The number of rotatable bonds is 3. The Morgan fingerprint density at radius 2 is 2.06 bits per heavy atom. The van der Waals surface area contributed by atoms with Crippen molar-refractivity contribution in [3.8, 4) is 5.75 Å². The van der Waals surface area contributed by atoms with Gasteiger partial charge in [-0.3, -0.25) is 0 Å². The van der Waals surface area contributed by atoms with E-state index in [0.717, 1.165) is 23.5 Å². The molecule has 0 saturated heterocycles. The van der Waals surface area contributed by atoms with Crippen LogP contribution < -0.4 is 4.74 Å². The Morgan fingerprint density at radius 1 is 1.29 bits per heavy atom. The fraction of sp³-hybridized carbons (Fsp3) is 0.625. The zero-order chi connectivity index (χ0) is 12.4. The van der Waals surface area contributed by atoms with Crippen LogP contribution in [0.1, 0.15) is 38.3 Å². The molecule has 2 unspecified atom stereocenters. The van der Waals surface area contributed by atoms with Crippen LogP contribution in [0.2, 0.25) is 0 Å². The lowest BCUT2D eigenvalue weighted by Crippen LogP contribution is -2.29. The predicted octanol–water partition coefficient (Wildman–Crippen LogP) is 4.09. The van der Waals surface area contributed by atoms with Crippen molar-refractivity contribution >= 4 is 0 Å². The van der Waals surface area contributed by atoms with Crippen LogP contribution in [0.3, 0.4) is 0 Å². The Morgan fingerprint density at radius 3 is 2.65 bits per heavy atom. The van der Waals surface area contributed by atoms with Gasteiger partial charge in [-0.1, -0.05) is 39.3 Å². The largest absolute Gasteiger partial charge is 0.496 e. The van der Waals surface area contributed by atoms with Crippen molar-refractivity contribution in [2.45, 2.75) is 40.0 Å². The minimum absolute atomic E-state index is 0.777. The van der Waals surface area contributed by atoms with Gasteiger partial charge < -0.3 is 4.74 Å². The van der Waals surface area contributed by atoms with Gasteiger partial charge in [-0.25, -0.2) is 0 Å². The maximum Gasteiger partial charge on any atom is 0.122 e.